The van der Waals surface area contributed by atoms with Crippen LogP contribution in [-0.4, -0.2) is 116 Å². The Balaban J connectivity index is 1.59. The van der Waals surface area contributed by atoms with E-state index in [9.17, 15) is 45.6 Å². The number of fused-ring (bicyclic) bond motifs is 1. The number of methoxy groups -OCH3 is 1. The lowest BCUT2D eigenvalue weighted by molar-refractivity contribution is -0.277. The summed E-state index contributed by atoms with van der Waals surface area (Å²) in [5.74, 6) is -1.03. The molecular weight excluding hydrogens is 576 g/mol. The molecule has 2 saturated heterocycles. The Kier molecular flexibility index (Phi) is 8.80. The van der Waals surface area contributed by atoms with Crippen LogP contribution in [0.5, 0.6) is 23.0 Å². The second-order valence-corrected chi connectivity index (χ2v) is 10.2. The zero-order chi connectivity index (χ0) is 31.2. The SMILES string of the molecule is COc1ccc(-c2oc3cc(OC4OC(C)C(O)C(O)C4O)cc(O)c3c(=O)c2OC2OC(CO)C(O)C(O)C2O)cc1. The van der Waals surface area contributed by atoms with Gasteiger partial charge in [0, 0.05) is 17.7 Å². The minimum atomic E-state index is -1.85. The number of phenols is 1. The van der Waals surface area contributed by atoms with E-state index in [1.807, 2.05) is 0 Å². The molecule has 2 aliphatic heterocycles. The number of aromatic hydroxyl groups is 1. The molecule has 2 fully saturated rings. The number of ether oxygens (including phenoxy) is 5. The number of aliphatic hydroxyl groups is 7. The first-order valence-corrected chi connectivity index (χ1v) is 13.3. The zero-order valence-electron chi connectivity index (χ0n) is 22.9. The molecule has 234 valence electrons. The van der Waals surface area contributed by atoms with Crippen molar-refractivity contribution < 1.29 is 69.0 Å². The number of benzene rings is 2. The van der Waals surface area contributed by atoms with Crippen molar-refractivity contribution >= 4 is 11.0 Å². The van der Waals surface area contributed by atoms with Crippen molar-refractivity contribution in [3.05, 3.63) is 46.6 Å². The van der Waals surface area contributed by atoms with Gasteiger partial charge in [0.15, 0.2) is 5.76 Å². The topological polar surface area (TPSA) is 238 Å². The Labute approximate surface area is 243 Å². The van der Waals surface area contributed by atoms with E-state index in [-0.39, 0.29) is 28.0 Å². The normalized spacial score (nSPS) is 32.9. The predicted molar refractivity (Wildman–Crippen MR) is 144 cm³/mol. The van der Waals surface area contributed by atoms with Gasteiger partial charge in [-0.25, -0.2) is 0 Å². The molecule has 2 aromatic carbocycles. The molecule has 43 heavy (non-hydrogen) atoms. The van der Waals surface area contributed by atoms with Crippen molar-refractivity contribution in [3.8, 4) is 34.3 Å². The summed E-state index contributed by atoms with van der Waals surface area (Å²) in [6, 6.07) is 8.45. The van der Waals surface area contributed by atoms with E-state index in [2.05, 4.69) is 0 Å². The summed E-state index contributed by atoms with van der Waals surface area (Å²) < 4.78 is 33.4. The molecule has 0 spiro atoms. The fourth-order valence-corrected chi connectivity index (χ4v) is 4.89. The Morgan fingerprint density at radius 1 is 0.791 bits per heavy atom. The van der Waals surface area contributed by atoms with Crippen molar-refractivity contribution in [2.75, 3.05) is 13.7 Å². The lowest BCUT2D eigenvalue weighted by atomic mass is 9.99. The van der Waals surface area contributed by atoms with Gasteiger partial charge in [-0.1, -0.05) is 0 Å². The first-order chi connectivity index (χ1) is 20.4. The molecule has 10 atom stereocenters. The molecular formula is C28H32O15. The van der Waals surface area contributed by atoms with Crippen LogP contribution in [0.15, 0.2) is 45.6 Å². The third-order valence-corrected chi connectivity index (χ3v) is 7.40. The maximum Gasteiger partial charge on any atom is 0.239 e. The van der Waals surface area contributed by atoms with Crippen LogP contribution >= 0.6 is 0 Å². The Morgan fingerprint density at radius 2 is 1.42 bits per heavy atom. The number of aliphatic hydroxyl groups excluding tert-OH is 7. The van der Waals surface area contributed by atoms with E-state index in [0.29, 0.717) is 5.75 Å². The van der Waals surface area contributed by atoms with Gasteiger partial charge in [0.1, 0.15) is 70.9 Å². The highest BCUT2D eigenvalue weighted by molar-refractivity contribution is 5.88. The smallest absolute Gasteiger partial charge is 0.239 e. The van der Waals surface area contributed by atoms with Gasteiger partial charge < -0.3 is 69.0 Å². The molecule has 0 radical (unpaired) electrons. The fraction of sp³-hybridized carbons (Fsp3) is 0.464. The molecule has 15 heteroatoms. The van der Waals surface area contributed by atoms with Crippen LogP contribution in [0.1, 0.15) is 6.92 Å². The van der Waals surface area contributed by atoms with Crippen molar-refractivity contribution in [1.82, 2.24) is 0 Å². The number of rotatable bonds is 7. The first kappa shape index (κ1) is 30.9. The van der Waals surface area contributed by atoms with Gasteiger partial charge in [-0.05, 0) is 31.2 Å². The van der Waals surface area contributed by atoms with Gasteiger partial charge >= 0.3 is 0 Å². The second kappa shape index (κ2) is 12.2. The molecule has 8 N–H and O–H groups in total. The monoisotopic (exact) mass is 608 g/mol. The first-order valence-electron chi connectivity index (χ1n) is 13.3. The highest BCUT2D eigenvalue weighted by atomic mass is 16.7. The van der Waals surface area contributed by atoms with E-state index in [0.717, 1.165) is 6.07 Å². The van der Waals surface area contributed by atoms with E-state index in [1.165, 1.54) is 32.2 Å². The minimum absolute atomic E-state index is 0.128. The summed E-state index contributed by atoms with van der Waals surface area (Å²) in [5.41, 5.74) is -0.845. The van der Waals surface area contributed by atoms with Crippen LogP contribution in [0.3, 0.4) is 0 Å². The van der Waals surface area contributed by atoms with Crippen LogP contribution < -0.4 is 19.6 Å². The van der Waals surface area contributed by atoms with Crippen molar-refractivity contribution in [1.29, 1.82) is 0 Å². The van der Waals surface area contributed by atoms with Gasteiger partial charge in [0.2, 0.25) is 23.8 Å². The van der Waals surface area contributed by atoms with Crippen molar-refractivity contribution in [2.45, 2.75) is 68.3 Å². The second-order valence-electron chi connectivity index (χ2n) is 10.2. The van der Waals surface area contributed by atoms with Gasteiger partial charge in [0.05, 0.1) is 19.8 Å². The summed E-state index contributed by atoms with van der Waals surface area (Å²) in [4.78, 5) is 13.8. The molecule has 15 nitrogen and oxygen atoms in total. The summed E-state index contributed by atoms with van der Waals surface area (Å²) in [5, 5.41) is 81.2. The van der Waals surface area contributed by atoms with Crippen LogP contribution in [-0.2, 0) is 9.47 Å². The quantitative estimate of drug-likeness (QED) is 0.153. The Hall–Kier alpha value is -3.51. The number of hydrogen-bond acceptors (Lipinski definition) is 15. The van der Waals surface area contributed by atoms with Crippen LogP contribution in [0, 0.1) is 0 Å². The molecule has 5 rings (SSSR count). The summed E-state index contributed by atoms with van der Waals surface area (Å²) in [6.45, 7) is 0.728. The highest BCUT2D eigenvalue weighted by Gasteiger charge is 2.46. The molecule has 0 amide bonds. The maximum atomic E-state index is 13.8. The third-order valence-electron chi connectivity index (χ3n) is 7.40. The summed E-state index contributed by atoms with van der Waals surface area (Å²) >= 11 is 0. The lowest BCUT2D eigenvalue weighted by Gasteiger charge is -2.39. The van der Waals surface area contributed by atoms with Gasteiger partial charge in [-0.15, -0.1) is 0 Å². The third kappa shape index (κ3) is 5.74. The van der Waals surface area contributed by atoms with Crippen molar-refractivity contribution in [3.63, 3.8) is 0 Å². The molecule has 3 aromatic rings. The van der Waals surface area contributed by atoms with Crippen LogP contribution in [0.25, 0.3) is 22.3 Å². The Bertz CT molecular complexity index is 1490. The largest absolute Gasteiger partial charge is 0.507 e. The highest BCUT2D eigenvalue weighted by Crippen LogP contribution is 2.38. The molecule has 3 heterocycles. The van der Waals surface area contributed by atoms with Crippen molar-refractivity contribution in [2.24, 2.45) is 0 Å². The molecule has 10 unspecified atom stereocenters. The number of phenolic OH excluding ortho intramolecular Hbond substituents is 1. The maximum absolute atomic E-state index is 13.8. The van der Waals surface area contributed by atoms with Gasteiger partial charge in [0.25, 0.3) is 0 Å². The molecule has 1 aromatic heterocycles. The Morgan fingerprint density at radius 3 is 2.05 bits per heavy atom. The van der Waals surface area contributed by atoms with E-state index >= 15 is 0 Å². The van der Waals surface area contributed by atoms with Gasteiger partial charge in [-0.2, -0.15) is 0 Å². The fourth-order valence-electron chi connectivity index (χ4n) is 4.89. The van der Waals surface area contributed by atoms with E-state index < -0.39 is 84.9 Å². The van der Waals surface area contributed by atoms with E-state index in [4.69, 9.17) is 28.1 Å². The average Bonchev–Trinajstić information content (AvgIpc) is 2.99. The minimum Gasteiger partial charge on any atom is -0.507 e. The predicted octanol–water partition coefficient (Wildman–Crippen LogP) is -1.44. The lowest BCUT2D eigenvalue weighted by Crippen LogP contribution is -2.60. The number of hydrogen-bond donors (Lipinski definition) is 8. The summed E-state index contributed by atoms with van der Waals surface area (Å²) in [6.07, 6.45) is -15.3. The standard InChI is InChI=1S/C28H32O15/c1-10-18(31)21(34)23(36)27(39-10)40-13-7-14(30)17-15(8-13)41-25(11-3-5-12(38-2)6-4-11)26(20(17)33)43-28-24(37)22(35)19(32)16(9-29)42-28/h3-8,10,16,18-19,21-24,27-32,34-37H,9H2,1-2H3. The average molecular weight is 609 g/mol. The van der Waals surface area contributed by atoms with Crippen LogP contribution in [0.4, 0.5) is 0 Å². The van der Waals surface area contributed by atoms with Crippen LogP contribution in [0.2, 0.25) is 0 Å². The molecule has 0 aliphatic carbocycles. The molecule has 2 aliphatic rings. The molecule has 0 saturated carbocycles. The zero-order valence-corrected chi connectivity index (χ0v) is 22.9. The van der Waals surface area contributed by atoms with E-state index in [1.54, 1.807) is 12.1 Å². The van der Waals surface area contributed by atoms with Gasteiger partial charge in [-0.3, -0.25) is 4.79 Å². The summed E-state index contributed by atoms with van der Waals surface area (Å²) in [7, 11) is 1.45. The molecule has 0 bridgehead atoms.